The molecule has 0 aliphatic carbocycles. The number of rotatable bonds is 6. The molecule has 0 aliphatic rings. The van der Waals surface area contributed by atoms with Crippen molar-refractivity contribution >= 4 is 50.7 Å². The molecule has 2 aromatic heterocycles. The summed E-state index contributed by atoms with van der Waals surface area (Å²) < 4.78 is 1.16. The lowest BCUT2D eigenvalue weighted by molar-refractivity contribution is -0.113. The summed E-state index contributed by atoms with van der Waals surface area (Å²) in [5.74, 6) is 0.457. The Morgan fingerprint density at radius 2 is 1.75 bits per heavy atom. The minimum atomic E-state index is -0.165. The van der Waals surface area contributed by atoms with Crippen molar-refractivity contribution in [2.24, 2.45) is 0 Å². The number of thioether (sulfide) groups is 1. The molecule has 0 aliphatic heterocycles. The molecule has 0 spiro atoms. The van der Waals surface area contributed by atoms with Crippen molar-refractivity contribution < 1.29 is 9.59 Å². The van der Waals surface area contributed by atoms with Gasteiger partial charge in [-0.3, -0.25) is 9.59 Å². The first-order valence-electron chi connectivity index (χ1n) is 10.1. The van der Waals surface area contributed by atoms with E-state index in [0.29, 0.717) is 27.8 Å². The number of Topliss-reactive ketones (excluding diaryl/α,β-unsaturated/α-hetero) is 1. The van der Waals surface area contributed by atoms with Crippen molar-refractivity contribution in [1.82, 2.24) is 15.0 Å². The molecule has 2 aromatic carbocycles. The van der Waals surface area contributed by atoms with Crippen LogP contribution >= 0.6 is 23.1 Å². The zero-order valence-corrected chi connectivity index (χ0v) is 19.9. The zero-order valence-electron chi connectivity index (χ0n) is 18.2. The van der Waals surface area contributed by atoms with Gasteiger partial charge in [-0.05, 0) is 69.7 Å². The smallest absolute Gasteiger partial charge is 0.234 e. The van der Waals surface area contributed by atoms with E-state index < -0.39 is 0 Å². The van der Waals surface area contributed by atoms with Crippen molar-refractivity contribution in [2.75, 3.05) is 11.1 Å². The van der Waals surface area contributed by atoms with Gasteiger partial charge >= 0.3 is 0 Å². The highest BCUT2D eigenvalue weighted by Crippen LogP contribution is 2.31. The second-order valence-corrected chi connectivity index (χ2v) is 9.49. The third-order valence-corrected chi connectivity index (χ3v) is 6.86. The molecule has 0 saturated carbocycles. The highest BCUT2D eigenvalue weighted by molar-refractivity contribution is 8.00. The Labute approximate surface area is 194 Å². The van der Waals surface area contributed by atoms with Crippen LogP contribution in [0.2, 0.25) is 0 Å². The van der Waals surface area contributed by atoms with Crippen molar-refractivity contribution in [1.29, 1.82) is 0 Å². The molecule has 162 valence electrons. The minimum Gasteiger partial charge on any atom is -0.325 e. The molecule has 6 nitrogen and oxygen atoms in total. The SMILES string of the molecule is CC(=O)c1c(C)nc(C)nc1SCC(=O)Nc1ccc(-c2nc3ccc(C)cc3s2)cc1. The number of fused-ring (bicyclic) bond motifs is 1. The zero-order chi connectivity index (χ0) is 22.8. The first kappa shape index (κ1) is 22.1. The van der Waals surface area contributed by atoms with Crippen LogP contribution in [0.25, 0.3) is 20.8 Å². The van der Waals surface area contributed by atoms with Gasteiger partial charge < -0.3 is 5.32 Å². The van der Waals surface area contributed by atoms with Gasteiger partial charge in [-0.1, -0.05) is 17.8 Å². The van der Waals surface area contributed by atoms with Gasteiger partial charge in [-0.15, -0.1) is 11.3 Å². The lowest BCUT2D eigenvalue weighted by Crippen LogP contribution is -2.15. The summed E-state index contributed by atoms with van der Waals surface area (Å²) in [4.78, 5) is 37.7. The van der Waals surface area contributed by atoms with Crippen LogP contribution in [0, 0.1) is 20.8 Å². The number of anilines is 1. The quantitative estimate of drug-likeness (QED) is 0.228. The van der Waals surface area contributed by atoms with Gasteiger partial charge in [-0.25, -0.2) is 15.0 Å². The van der Waals surface area contributed by atoms with Crippen LogP contribution in [0.15, 0.2) is 47.5 Å². The number of nitrogens with zero attached hydrogens (tertiary/aromatic N) is 3. The van der Waals surface area contributed by atoms with E-state index in [9.17, 15) is 9.59 Å². The highest BCUT2D eigenvalue weighted by Gasteiger charge is 2.16. The number of ketones is 1. The first-order valence-corrected chi connectivity index (χ1v) is 11.9. The van der Waals surface area contributed by atoms with Gasteiger partial charge in [0.05, 0.1) is 27.2 Å². The van der Waals surface area contributed by atoms with Crippen LogP contribution in [-0.2, 0) is 4.79 Å². The maximum atomic E-state index is 12.5. The third-order valence-electron chi connectivity index (χ3n) is 4.82. The van der Waals surface area contributed by atoms with Gasteiger partial charge in [0, 0.05) is 11.3 Å². The number of carbonyl (C=O) groups is 2. The first-order chi connectivity index (χ1) is 15.3. The number of aromatic nitrogens is 3. The third kappa shape index (κ3) is 4.87. The standard InChI is InChI=1S/C24H22N4O2S2/c1-13-5-10-19-20(11-13)32-23(28-19)17-6-8-18(9-7-17)27-21(30)12-31-24-22(15(3)29)14(2)25-16(4)26-24/h5-11H,12H2,1-4H3,(H,27,30). The van der Waals surface area contributed by atoms with E-state index in [2.05, 4.69) is 34.3 Å². The molecule has 0 saturated heterocycles. The lowest BCUT2D eigenvalue weighted by atomic mass is 10.2. The Morgan fingerprint density at radius 3 is 2.47 bits per heavy atom. The Morgan fingerprint density at radius 1 is 1.00 bits per heavy atom. The molecule has 0 radical (unpaired) electrons. The number of carbonyl (C=O) groups excluding carboxylic acids is 2. The largest absolute Gasteiger partial charge is 0.325 e. The second kappa shape index (κ2) is 9.18. The van der Waals surface area contributed by atoms with Crippen LogP contribution in [0.4, 0.5) is 5.69 Å². The Bertz CT molecular complexity index is 1330. The summed E-state index contributed by atoms with van der Waals surface area (Å²) >= 11 is 2.90. The minimum absolute atomic E-state index is 0.106. The van der Waals surface area contributed by atoms with E-state index >= 15 is 0 Å². The van der Waals surface area contributed by atoms with E-state index in [-0.39, 0.29) is 17.4 Å². The number of hydrogen-bond donors (Lipinski definition) is 1. The van der Waals surface area contributed by atoms with Crippen molar-refractivity contribution in [2.45, 2.75) is 32.7 Å². The van der Waals surface area contributed by atoms with Crippen molar-refractivity contribution in [3.05, 3.63) is 65.1 Å². The van der Waals surface area contributed by atoms with Crippen molar-refractivity contribution in [3.63, 3.8) is 0 Å². The maximum Gasteiger partial charge on any atom is 0.234 e. The average Bonchev–Trinajstić information content (AvgIpc) is 3.15. The number of amides is 1. The lowest BCUT2D eigenvalue weighted by Gasteiger charge is -2.10. The molecule has 1 N–H and O–H groups in total. The van der Waals surface area contributed by atoms with E-state index in [1.165, 1.54) is 24.2 Å². The van der Waals surface area contributed by atoms with Crippen LogP contribution in [0.1, 0.15) is 34.4 Å². The number of benzene rings is 2. The normalized spacial score (nSPS) is 11.0. The fraction of sp³-hybridized carbons (Fsp3) is 0.208. The molecule has 0 fully saturated rings. The van der Waals surface area contributed by atoms with E-state index in [1.54, 1.807) is 25.2 Å². The predicted octanol–water partition coefficient (Wildman–Crippen LogP) is 5.61. The summed E-state index contributed by atoms with van der Waals surface area (Å²) in [5.41, 5.74) is 5.03. The Hall–Kier alpha value is -3.10. The number of hydrogen-bond acceptors (Lipinski definition) is 7. The Kier molecular flexibility index (Phi) is 6.34. The Balaban J connectivity index is 1.43. The molecule has 4 rings (SSSR count). The fourth-order valence-corrected chi connectivity index (χ4v) is 5.42. The van der Waals surface area contributed by atoms with Gasteiger partial charge in [0.2, 0.25) is 5.91 Å². The fourth-order valence-electron chi connectivity index (χ4n) is 3.37. The van der Waals surface area contributed by atoms with E-state index in [0.717, 1.165) is 20.8 Å². The molecular formula is C24H22N4O2S2. The van der Waals surface area contributed by atoms with Gasteiger partial charge in [0.25, 0.3) is 0 Å². The number of nitrogens with one attached hydrogen (secondary N) is 1. The molecule has 0 unspecified atom stereocenters. The average molecular weight is 463 g/mol. The summed E-state index contributed by atoms with van der Waals surface area (Å²) in [6.07, 6.45) is 0. The molecule has 0 atom stereocenters. The molecule has 32 heavy (non-hydrogen) atoms. The summed E-state index contributed by atoms with van der Waals surface area (Å²) in [7, 11) is 0. The van der Waals surface area contributed by atoms with Gasteiger partial charge in [-0.2, -0.15) is 0 Å². The van der Waals surface area contributed by atoms with Gasteiger partial charge in [0.1, 0.15) is 15.9 Å². The molecule has 2 heterocycles. The molecular weight excluding hydrogens is 440 g/mol. The van der Waals surface area contributed by atoms with E-state index in [4.69, 9.17) is 4.98 Å². The highest BCUT2D eigenvalue weighted by atomic mass is 32.2. The van der Waals surface area contributed by atoms with Crippen LogP contribution in [0.3, 0.4) is 0 Å². The molecule has 1 amide bonds. The second-order valence-electron chi connectivity index (χ2n) is 7.50. The molecule has 8 heteroatoms. The summed E-state index contributed by atoms with van der Waals surface area (Å²) in [6.45, 7) is 7.11. The molecule has 4 aromatic rings. The van der Waals surface area contributed by atoms with Crippen LogP contribution in [0.5, 0.6) is 0 Å². The number of thiazole rings is 1. The van der Waals surface area contributed by atoms with Crippen LogP contribution in [-0.4, -0.2) is 32.4 Å². The van der Waals surface area contributed by atoms with E-state index in [1.807, 2.05) is 30.3 Å². The number of aryl methyl sites for hydroxylation is 3. The monoisotopic (exact) mass is 462 g/mol. The van der Waals surface area contributed by atoms with Gasteiger partial charge in [0.15, 0.2) is 5.78 Å². The summed E-state index contributed by atoms with van der Waals surface area (Å²) in [6, 6.07) is 13.9. The molecule has 0 bridgehead atoms. The summed E-state index contributed by atoms with van der Waals surface area (Å²) in [5, 5.41) is 4.39. The topological polar surface area (TPSA) is 84.8 Å². The predicted molar refractivity (Wildman–Crippen MR) is 131 cm³/mol. The van der Waals surface area contributed by atoms with Crippen molar-refractivity contribution in [3.8, 4) is 10.6 Å². The van der Waals surface area contributed by atoms with Crippen LogP contribution < -0.4 is 5.32 Å². The maximum absolute atomic E-state index is 12.5.